The van der Waals surface area contributed by atoms with Gasteiger partial charge in [0.15, 0.2) is 0 Å². The molecule has 0 aliphatic carbocycles. The minimum Gasteiger partial charge on any atom is -0.443 e. The summed E-state index contributed by atoms with van der Waals surface area (Å²) in [5, 5.41) is 3.42. The van der Waals surface area contributed by atoms with Gasteiger partial charge in [0.05, 0.1) is 0 Å². The van der Waals surface area contributed by atoms with Crippen molar-refractivity contribution in [3.8, 4) is 0 Å². The number of nitrogens with zero attached hydrogens (tertiary/aromatic N) is 1. The van der Waals surface area contributed by atoms with E-state index in [2.05, 4.69) is 10.3 Å². The molecular weight excluding hydrogens is 387 g/mol. The topological polar surface area (TPSA) is 68.3 Å². The SMILES string of the molecule is O=C(O[C@H](C(=O)Nc1cc(Cl)cc(Cl)c1)c1ccccc1)c1ccccn1. The van der Waals surface area contributed by atoms with E-state index in [-0.39, 0.29) is 5.69 Å². The van der Waals surface area contributed by atoms with Crippen molar-refractivity contribution in [1.29, 1.82) is 0 Å². The molecule has 0 saturated carbocycles. The number of carbonyl (C=O) groups excluding carboxylic acids is 2. The lowest BCUT2D eigenvalue weighted by atomic mass is 10.1. The van der Waals surface area contributed by atoms with Gasteiger partial charge in [0.25, 0.3) is 5.91 Å². The van der Waals surface area contributed by atoms with Gasteiger partial charge in [-0.2, -0.15) is 0 Å². The smallest absolute Gasteiger partial charge is 0.358 e. The Labute approximate surface area is 165 Å². The summed E-state index contributed by atoms with van der Waals surface area (Å²) in [6.07, 6.45) is 0.306. The van der Waals surface area contributed by atoms with Crippen LogP contribution in [0, 0.1) is 0 Å². The zero-order chi connectivity index (χ0) is 19.2. The molecule has 1 amide bonds. The molecule has 3 aromatic rings. The number of halogens is 2. The first-order valence-electron chi connectivity index (χ1n) is 7.97. The minimum atomic E-state index is -1.17. The molecule has 1 atom stereocenters. The van der Waals surface area contributed by atoms with Crippen molar-refractivity contribution in [3.05, 3.63) is 94.2 Å². The number of amides is 1. The number of rotatable bonds is 5. The van der Waals surface area contributed by atoms with Crippen LogP contribution in [0.1, 0.15) is 22.2 Å². The molecular formula is C20H14Cl2N2O3. The first kappa shape index (κ1) is 18.9. The lowest BCUT2D eigenvalue weighted by molar-refractivity contribution is -0.125. The Morgan fingerprint density at radius 3 is 2.22 bits per heavy atom. The van der Waals surface area contributed by atoms with E-state index in [1.807, 2.05) is 0 Å². The van der Waals surface area contributed by atoms with Gasteiger partial charge >= 0.3 is 5.97 Å². The van der Waals surface area contributed by atoms with Crippen LogP contribution < -0.4 is 5.32 Å². The zero-order valence-corrected chi connectivity index (χ0v) is 15.4. The number of hydrogen-bond donors (Lipinski definition) is 1. The number of pyridine rings is 1. The fourth-order valence-electron chi connectivity index (χ4n) is 2.39. The maximum atomic E-state index is 12.8. The third kappa shape index (κ3) is 5.06. The number of aromatic nitrogens is 1. The molecule has 0 bridgehead atoms. The number of anilines is 1. The lowest BCUT2D eigenvalue weighted by Gasteiger charge is -2.18. The fourth-order valence-corrected chi connectivity index (χ4v) is 2.91. The van der Waals surface area contributed by atoms with Crippen LogP contribution in [-0.2, 0) is 9.53 Å². The van der Waals surface area contributed by atoms with Gasteiger partial charge in [0.2, 0.25) is 6.10 Å². The molecule has 1 heterocycles. The fraction of sp³-hybridized carbons (Fsp3) is 0.0500. The van der Waals surface area contributed by atoms with E-state index in [4.69, 9.17) is 27.9 Å². The Balaban J connectivity index is 1.85. The van der Waals surface area contributed by atoms with Crippen LogP contribution in [0.2, 0.25) is 10.0 Å². The molecule has 7 heteroatoms. The standard InChI is InChI=1S/C20H14Cl2N2O3/c21-14-10-15(22)12-16(11-14)24-19(25)18(13-6-2-1-3-7-13)27-20(26)17-8-4-5-9-23-17/h1-12,18H,(H,24,25)/t18-/m0/s1. The lowest BCUT2D eigenvalue weighted by Crippen LogP contribution is -2.26. The van der Waals surface area contributed by atoms with Crippen LogP contribution in [0.15, 0.2) is 72.9 Å². The Kier molecular flexibility index (Phi) is 6.06. The third-order valence-electron chi connectivity index (χ3n) is 3.57. The van der Waals surface area contributed by atoms with Gasteiger partial charge < -0.3 is 10.1 Å². The van der Waals surface area contributed by atoms with E-state index >= 15 is 0 Å². The molecule has 1 N–H and O–H groups in total. The highest BCUT2D eigenvalue weighted by molar-refractivity contribution is 6.35. The molecule has 0 aliphatic rings. The first-order valence-corrected chi connectivity index (χ1v) is 8.72. The molecule has 2 aromatic carbocycles. The van der Waals surface area contributed by atoms with E-state index in [0.717, 1.165) is 0 Å². The van der Waals surface area contributed by atoms with Crippen molar-refractivity contribution >= 4 is 40.8 Å². The Morgan fingerprint density at radius 1 is 0.926 bits per heavy atom. The Morgan fingerprint density at radius 2 is 1.59 bits per heavy atom. The van der Waals surface area contributed by atoms with E-state index in [0.29, 0.717) is 21.3 Å². The summed E-state index contributed by atoms with van der Waals surface area (Å²) in [5.41, 5.74) is 1.02. The minimum absolute atomic E-state index is 0.108. The highest BCUT2D eigenvalue weighted by atomic mass is 35.5. The van der Waals surface area contributed by atoms with Crippen molar-refractivity contribution in [2.45, 2.75) is 6.10 Å². The normalized spacial score (nSPS) is 11.5. The molecule has 3 rings (SSSR count). The maximum absolute atomic E-state index is 12.8. The van der Waals surface area contributed by atoms with Crippen LogP contribution >= 0.6 is 23.2 Å². The monoisotopic (exact) mass is 400 g/mol. The predicted octanol–water partition coefficient (Wildman–Crippen LogP) is 4.93. The van der Waals surface area contributed by atoms with E-state index in [9.17, 15) is 9.59 Å². The average molecular weight is 401 g/mol. The predicted molar refractivity (Wildman–Crippen MR) is 104 cm³/mol. The van der Waals surface area contributed by atoms with Crippen molar-refractivity contribution in [1.82, 2.24) is 4.98 Å². The molecule has 0 aliphatic heterocycles. The van der Waals surface area contributed by atoms with Crippen molar-refractivity contribution in [2.24, 2.45) is 0 Å². The first-order chi connectivity index (χ1) is 13.0. The van der Waals surface area contributed by atoms with Gasteiger partial charge in [0.1, 0.15) is 5.69 Å². The average Bonchev–Trinajstić information content (AvgIpc) is 2.66. The highest BCUT2D eigenvalue weighted by Gasteiger charge is 2.26. The van der Waals surface area contributed by atoms with Gasteiger partial charge in [-0.25, -0.2) is 9.78 Å². The number of esters is 1. The molecule has 0 spiro atoms. The zero-order valence-electron chi connectivity index (χ0n) is 13.9. The Bertz CT molecular complexity index is 930. The number of benzene rings is 2. The summed E-state index contributed by atoms with van der Waals surface area (Å²) >= 11 is 11.9. The summed E-state index contributed by atoms with van der Waals surface area (Å²) in [6, 6.07) is 18.2. The van der Waals surface area contributed by atoms with Gasteiger partial charge in [-0.1, -0.05) is 59.6 Å². The summed E-state index contributed by atoms with van der Waals surface area (Å²) in [5.74, 6) is -1.24. The van der Waals surface area contributed by atoms with Crippen LogP contribution in [0.25, 0.3) is 0 Å². The van der Waals surface area contributed by atoms with Gasteiger partial charge in [-0.3, -0.25) is 4.79 Å². The second-order valence-electron chi connectivity index (χ2n) is 5.56. The molecule has 27 heavy (non-hydrogen) atoms. The van der Waals surface area contributed by atoms with E-state index in [1.54, 1.807) is 60.7 Å². The molecule has 136 valence electrons. The van der Waals surface area contributed by atoms with Crippen molar-refractivity contribution < 1.29 is 14.3 Å². The van der Waals surface area contributed by atoms with Crippen LogP contribution in [-0.4, -0.2) is 16.9 Å². The number of hydrogen-bond acceptors (Lipinski definition) is 4. The molecule has 0 saturated heterocycles. The molecule has 1 aromatic heterocycles. The van der Waals surface area contributed by atoms with Crippen LogP contribution in [0.4, 0.5) is 5.69 Å². The summed E-state index contributed by atoms with van der Waals surface area (Å²) in [7, 11) is 0. The Hall–Kier alpha value is -2.89. The largest absolute Gasteiger partial charge is 0.443 e. The molecule has 0 radical (unpaired) electrons. The highest BCUT2D eigenvalue weighted by Crippen LogP contribution is 2.25. The van der Waals surface area contributed by atoms with Crippen LogP contribution in [0.5, 0.6) is 0 Å². The van der Waals surface area contributed by atoms with E-state index < -0.39 is 18.0 Å². The van der Waals surface area contributed by atoms with E-state index in [1.165, 1.54) is 12.3 Å². The molecule has 0 unspecified atom stereocenters. The van der Waals surface area contributed by atoms with Crippen molar-refractivity contribution in [2.75, 3.05) is 5.32 Å². The van der Waals surface area contributed by atoms with Crippen LogP contribution in [0.3, 0.4) is 0 Å². The quantitative estimate of drug-likeness (QED) is 0.616. The molecule has 0 fully saturated rings. The summed E-state index contributed by atoms with van der Waals surface area (Å²) in [4.78, 5) is 29.1. The van der Waals surface area contributed by atoms with Gasteiger partial charge in [-0.15, -0.1) is 0 Å². The number of nitrogens with one attached hydrogen (secondary N) is 1. The number of carbonyl (C=O) groups is 2. The summed E-state index contributed by atoms with van der Waals surface area (Å²) < 4.78 is 5.44. The van der Waals surface area contributed by atoms with Gasteiger partial charge in [0, 0.05) is 27.5 Å². The summed E-state index contributed by atoms with van der Waals surface area (Å²) in [6.45, 7) is 0. The second kappa shape index (κ2) is 8.66. The second-order valence-corrected chi connectivity index (χ2v) is 6.43. The maximum Gasteiger partial charge on any atom is 0.358 e. The van der Waals surface area contributed by atoms with Crippen molar-refractivity contribution in [3.63, 3.8) is 0 Å². The molecule has 5 nitrogen and oxygen atoms in total. The third-order valence-corrected chi connectivity index (χ3v) is 4.01. The van der Waals surface area contributed by atoms with Gasteiger partial charge in [-0.05, 0) is 30.3 Å². The number of ether oxygens (including phenoxy) is 1.